The first-order valence-corrected chi connectivity index (χ1v) is 6.80. The van der Waals surface area contributed by atoms with Crippen LogP contribution in [0.2, 0.25) is 0 Å². The topological polar surface area (TPSA) is 39.4 Å². The molecule has 0 unspecified atom stereocenters. The number of aryl methyl sites for hydroxylation is 2. The Balaban J connectivity index is 2.04. The first kappa shape index (κ1) is 13.4. The number of methoxy groups -OCH3 is 1. The van der Waals surface area contributed by atoms with E-state index in [1.165, 1.54) is 0 Å². The Labute approximate surface area is 123 Å². The lowest BCUT2D eigenvalue weighted by atomic mass is 10.2. The highest BCUT2D eigenvalue weighted by molar-refractivity contribution is 5.86. The largest absolute Gasteiger partial charge is 0.494 e. The third-order valence-corrected chi connectivity index (χ3v) is 3.55. The summed E-state index contributed by atoms with van der Waals surface area (Å²) in [5.74, 6) is 1.59. The van der Waals surface area contributed by atoms with E-state index in [1.54, 1.807) is 13.3 Å². The number of benzene rings is 2. The standard InChI is InChI=1S/C17H17N3O/c1-12-7-6-10-15(21-3)17(12)18-11-16-19-13-8-4-5-9-14(13)20(16)2/h4-11H,1-3H3. The highest BCUT2D eigenvalue weighted by Gasteiger charge is 2.07. The monoisotopic (exact) mass is 279 g/mol. The van der Waals surface area contributed by atoms with Crippen LogP contribution in [0.15, 0.2) is 47.5 Å². The van der Waals surface area contributed by atoms with Gasteiger partial charge in [0.15, 0.2) is 5.82 Å². The summed E-state index contributed by atoms with van der Waals surface area (Å²) < 4.78 is 7.39. The summed E-state index contributed by atoms with van der Waals surface area (Å²) in [6, 6.07) is 13.9. The first-order chi connectivity index (χ1) is 10.2. The van der Waals surface area contributed by atoms with E-state index in [0.29, 0.717) is 0 Å². The van der Waals surface area contributed by atoms with E-state index in [-0.39, 0.29) is 0 Å². The highest BCUT2D eigenvalue weighted by atomic mass is 16.5. The van der Waals surface area contributed by atoms with Crippen LogP contribution >= 0.6 is 0 Å². The van der Waals surface area contributed by atoms with Gasteiger partial charge in [-0.2, -0.15) is 0 Å². The number of para-hydroxylation sites is 3. The number of hydrogen-bond acceptors (Lipinski definition) is 3. The molecule has 3 aromatic rings. The molecule has 2 aromatic carbocycles. The number of fused-ring (bicyclic) bond motifs is 1. The van der Waals surface area contributed by atoms with Gasteiger partial charge in [0.05, 0.1) is 24.4 Å². The van der Waals surface area contributed by atoms with Crippen LogP contribution in [0, 0.1) is 6.92 Å². The van der Waals surface area contributed by atoms with Gasteiger partial charge in [0.1, 0.15) is 11.4 Å². The Hall–Kier alpha value is -2.62. The van der Waals surface area contributed by atoms with Crippen LogP contribution < -0.4 is 4.74 Å². The van der Waals surface area contributed by atoms with Crippen LogP contribution in [0.4, 0.5) is 5.69 Å². The lowest BCUT2D eigenvalue weighted by molar-refractivity contribution is 0.416. The van der Waals surface area contributed by atoms with Gasteiger partial charge in [-0.15, -0.1) is 0 Å². The minimum atomic E-state index is 0.769. The molecule has 0 spiro atoms. The molecule has 0 saturated carbocycles. The predicted molar refractivity (Wildman–Crippen MR) is 85.7 cm³/mol. The molecule has 3 rings (SSSR count). The van der Waals surface area contributed by atoms with Crippen LogP contribution in [0.5, 0.6) is 5.75 Å². The van der Waals surface area contributed by atoms with Gasteiger partial charge in [-0.25, -0.2) is 9.98 Å². The fraction of sp³-hybridized carbons (Fsp3) is 0.176. The lowest BCUT2D eigenvalue weighted by Gasteiger charge is -2.06. The molecule has 0 radical (unpaired) electrons. The second-order valence-corrected chi connectivity index (χ2v) is 4.90. The maximum Gasteiger partial charge on any atom is 0.152 e. The van der Waals surface area contributed by atoms with E-state index < -0.39 is 0 Å². The minimum Gasteiger partial charge on any atom is -0.494 e. The van der Waals surface area contributed by atoms with Crippen LogP contribution in [0.3, 0.4) is 0 Å². The van der Waals surface area contributed by atoms with E-state index in [1.807, 2.05) is 61.0 Å². The van der Waals surface area contributed by atoms with Crippen LogP contribution in [0.25, 0.3) is 11.0 Å². The number of nitrogens with zero attached hydrogens (tertiary/aromatic N) is 3. The van der Waals surface area contributed by atoms with Crippen LogP contribution in [0.1, 0.15) is 11.4 Å². The van der Waals surface area contributed by atoms with E-state index in [9.17, 15) is 0 Å². The molecule has 0 saturated heterocycles. The molecule has 0 amide bonds. The van der Waals surface area contributed by atoms with Gasteiger partial charge in [-0.3, -0.25) is 0 Å². The maximum atomic E-state index is 5.36. The van der Waals surface area contributed by atoms with Crippen molar-refractivity contribution in [2.45, 2.75) is 6.92 Å². The predicted octanol–water partition coefficient (Wildman–Crippen LogP) is 3.64. The van der Waals surface area contributed by atoms with Crippen LogP contribution in [-0.2, 0) is 7.05 Å². The van der Waals surface area contributed by atoms with Crippen molar-refractivity contribution in [3.63, 3.8) is 0 Å². The minimum absolute atomic E-state index is 0.769. The zero-order valence-corrected chi connectivity index (χ0v) is 12.4. The fourth-order valence-electron chi connectivity index (χ4n) is 2.36. The Morgan fingerprint density at radius 1 is 1.14 bits per heavy atom. The number of ether oxygens (including phenoxy) is 1. The Bertz CT molecular complexity index is 818. The maximum absolute atomic E-state index is 5.36. The van der Waals surface area contributed by atoms with Gasteiger partial charge in [-0.1, -0.05) is 24.3 Å². The zero-order chi connectivity index (χ0) is 14.8. The number of imidazole rings is 1. The van der Waals surface area contributed by atoms with Crippen molar-refractivity contribution in [3.05, 3.63) is 53.9 Å². The second-order valence-electron chi connectivity index (χ2n) is 4.90. The third kappa shape index (κ3) is 2.40. The fourth-order valence-corrected chi connectivity index (χ4v) is 2.36. The van der Waals surface area contributed by atoms with Crippen LogP contribution in [-0.4, -0.2) is 22.9 Å². The van der Waals surface area contributed by atoms with Gasteiger partial charge < -0.3 is 9.30 Å². The van der Waals surface area contributed by atoms with E-state index in [4.69, 9.17) is 4.74 Å². The first-order valence-electron chi connectivity index (χ1n) is 6.80. The summed E-state index contributed by atoms with van der Waals surface area (Å²) in [6.07, 6.45) is 1.78. The number of aromatic nitrogens is 2. The van der Waals surface area contributed by atoms with Gasteiger partial charge in [0.2, 0.25) is 0 Å². The smallest absolute Gasteiger partial charge is 0.152 e. The summed E-state index contributed by atoms with van der Waals surface area (Å²) in [6.45, 7) is 2.02. The summed E-state index contributed by atoms with van der Waals surface area (Å²) in [7, 11) is 3.65. The molecule has 0 aliphatic carbocycles. The summed E-state index contributed by atoms with van der Waals surface area (Å²) in [5, 5.41) is 0. The molecule has 0 N–H and O–H groups in total. The van der Waals surface area contributed by atoms with Crippen molar-refractivity contribution in [1.82, 2.24) is 9.55 Å². The molecule has 21 heavy (non-hydrogen) atoms. The Kier molecular flexibility index (Phi) is 3.44. The SMILES string of the molecule is COc1cccc(C)c1N=Cc1nc2ccccc2n1C. The third-order valence-electron chi connectivity index (χ3n) is 3.55. The molecular formula is C17H17N3O. The molecule has 0 bridgehead atoms. The number of hydrogen-bond donors (Lipinski definition) is 0. The van der Waals surface area contributed by atoms with Crippen molar-refractivity contribution < 1.29 is 4.74 Å². The molecule has 4 nitrogen and oxygen atoms in total. The van der Waals surface area contributed by atoms with Crippen molar-refractivity contribution in [3.8, 4) is 5.75 Å². The molecule has 0 fully saturated rings. The summed E-state index contributed by atoms with van der Waals surface area (Å²) in [4.78, 5) is 9.15. The molecule has 0 aliphatic rings. The van der Waals surface area contributed by atoms with Crippen molar-refractivity contribution in [1.29, 1.82) is 0 Å². The van der Waals surface area contributed by atoms with Crippen molar-refractivity contribution >= 4 is 22.9 Å². The molecule has 1 aromatic heterocycles. The van der Waals surface area contributed by atoms with Gasteiger partial charge in [0.25, 0.3) is 0 Å². The van der Waals surface area contributed by atoms with Gasteiger partial charge in [-0.05, 0) is 30.7 Å². The average Bonchev–Trinajstić information content (AvgIpc) is 2.83. The quantitative estimate of drug-likeness (QED) is 0.687. The summed E-state index contributed by atoms with van der Waals surface area (Å²) >= 11 is 0. The molecule has 0 atom stereocenters. The molecule has 4 heteroatoms. The van der Waals surface area contributed by atoms with Crippen molar-refractivity contribution in [2.75, 3.05) is 7.11 Å². The van der Waals surface area contributed by atoms with E-state index in [2.05, 4.69) is 9.98 Å². The van der Waals surface area contributed by atoms with Gasteiger partial charge >= 0.3 is 0 Å². The van der Waals surface area contributed by atoms with Crippen molar-refractivity contribution in [2.24, 2.45) is 12.0 Å². The lowest BCUT2D eigenvalue weighted by Crippen LogP contribution is -1.96. The second kappa shape index (κ2) is 5.40. The molecule has 0 aliphatic heterocycles. The van der Waals surface area contributed by atoms with E-state index >= 15 is 0 Å². The number of rotatable bonds is 3. The normalized spacial score (nSPS) is 11.4. The molecular weight excluding hydrogens is 262 g/mol. The number of aliphatic imine (C=N–C) groups is 1. The Morgan fingerprint density at radius 2 is 1.95 bits per heavy atom. The van der Waals surface area contributed by atoms with Gasteiger partial charge in [0, 0.05) is 7.05 Å². The average molecular weight is 279 g/mol. The molecule has 1 heterocycles. The van der Waals surface area contributed by atoms with E-state index in [0.717, 1.165) is 33.9 Å². The summed E-state index contributed by atoms with van der Waals surface area (Å²) in [5.41, 5.74) is 3.98. The zero-order valence-electron chi connectivity index (χ0n) is 12.4. The Morgan fingerprint density at radius 3 is 2.71 bits per heavy atom. The molecule has 106 valence electrons. The highest BCUT2D eigenvalue weighted by Crippen LogP contribution is 2.30.